The largest absolute Gasteiger partial charge is 0.478 e. The first-order chi connectivity index (χ1) is 9.58. The molecule has 0 spiro atoms. The van der Waals surface area contributed by atoms with E-state index in [1.54, 1.807) is 11.6 Å². The summed E-state index contributed by atoms with van der Waals surface area (Å²) in [5.41, 5.74) is 0.387. The molecule has 2 aromatic rings. The van der Waals surface area contributed by atoms with Crippen LogP contribution in [0.4, 0.5) is 0 Å². The molecule has 8 heteroatoms. The fourth-order valence-electron chi connectivity index (χ4n) is 2.52. The molecule has 2 aromatic heterocycles. The van der Waals surface area contributed by atoms with Crippen molar-refractivity contribution in [1.82, 2.24) is 24.1 Å². The number of aryl methyl sites for hydroxylation is 2. The average molecular weight is 277 g/mol. The number of carbonyl (C=O) groups is 1. The van der Waals surface area contributed by atoms with E-state index < -0.39 is 5.97 Å². The molecule has 0 aliphatic carbocycles. The maximum atomic E-state index is 12.2. The van der Waals surface area contributed by atoms with E-state index in [9.17, 15) is 9.59 Å². The van der Waals surface area contributed by atoms with Crippen molar-refractivity contribution in [2.75, 3.05) is 0 Å². The second kappa shape index (κ2) is 4.62. The fourth-order valence-corrected chi connectivity index (χ4v) is 2.52. The van der Waals surface area contributed by atoms with Gasteiger partial charge in [0.05, 0.1) is 18.4 Å². The van der Waals surface area contributed by atoms with Crippen LogP contribution < -0.4 is 5.69 Å². The Morgan fingerprint density at radius 1 is 1.45 bits per heavy atom. The van der Waals surface area contributed by atoms with Crippen LogP contribution in [0.1, 0.15) is 34.7 Å². The molecule has 20 heavy (non-hydrogen) atoms. The highest BCUT2D eigenvalue weighted by atomic mass is 16.4. The van der Waals surface area contributed by atoms with Gasteiger partial charge in [-0.25, -0.2) is 14.3 Å². The smallest absolute Gasteiger partial charge is 0.346 e. The molecule has 0 atom stereocenters. The fraction of sp³-hybridized carbons (Fsp3) is 0.500. The van der Waals surface area contributed by atoms with Crippen LogP contribution in [0.15, 0.2) is 11.0 Å². The van der Waals surface area contributed by atoms with E-state index in [0.717, 1.165) is 25.1 Å². The Balaban J connectivity index is 2.00. The van der Waals surface area contributed by atoms with Gasteiger partial charge >= 0.3 is 11.7 Å². The normalized spacial score (nSPS) is 14.2. The lowest BCUT2D eigenvalue weighted by atomic mass is 10.2. The second-order valence-electron chi connectivity index (χ2n) is 4.90. The van der Waals surface area contributed by atoms with Gasteiger partial charge in [-0.3, -0.25) is 9.25 Å². The number of carboxylic acid groups (broad SMARTS) is 1. The number of aromatic carboxylic acids is 1. The van der Waals surface area contributed by atoms with Gasteiger partial charge < -0.3 is 5.11 Å². The van der Waals surface area contributed by atoms with Crippen molar-refractivity contribution < 1.29 is 9.90 Å². The van der Waals surface area contributed by atoms with Gasteiger partial charge in [0, 0.05) is 20.0 Å². The summed E-state index contributed by atoms with van der Waals surface area (Å²) >= 11 is 0. The molecule has 8 nitrogen and oxygen atoms in total. The third-order valence-corrected chi connectivity index (χ3v) is 3.62. The van der Waals surface area contributed by atoms with Crippen LogP contribution in [0.3, 0.4) is 0 Å². The minimum absolute atomic E-state index is 0.102. The lowest BCUT2D eigenvalue weighted by Gasteiger charge is -2.09. The van der Waals surface area contributed by atoms with Crippen LogP contribution in [0, 0.1) is 0 Å². The highest BCUT2D eigenvalue weighted by molar-refractivity contribution is 5.88. The number of nitrogens with zero attached hydrogens (tertiary/aromatic N) is 5. The Morgan fingerprint density at radius 3 is 2.95 bits per heavy atom. The number of fused-ring (bicyclic) bond motifs is 1. The summed E-state index contributed by atoms with van der Waals surface area (Å²) in [6, 6.07) is 0. The lowest BCUT2D eigenvalue weighted by Crippen LogP contribution is -2.28. The summed E-state index contributed by atoms with van der Waals surface area (Å²) in [5, 5.41) is 17.4. The third kappa shape index (κ3) is 1.93. The van der Waals surface area contributed by atoms with Crippen LogP contribution in [-0.4, -0.2) is 35.2 Å². The number of carboxylic acids is 1. The summed E-state index contributed by atoms with van der Waals surface area (Å²) in [4.78, 5) is 23.4. The molecule has 3 rings (SSSR count). The molecule has 106 valence electrons. The standard InChI is InChI=1S/C12H15N5O3/c1-15-9(8(6-13-15)11(18)19)7-17-12(20)16-5-3-2-4-10(16)14-17/h6H,2-5,7H2,1H3,(H,18,19). The average Bonchev–Trinajstić information content (AvgIpc) is 2.93. The van der Waals surface area contributed by atoms with Crippen LogP contribution in [-0.2, 0) is 26.6 Å². The van der Waals surface area contributed by atoms with Crippen LogP contribution in [0.2, 0.25) is 0 Å². The molecular formula is C12H15N5O3. The number of hydrogen-bond acceptors (Lipinski definition) is 4. The summed E-state index contributed by atoms with van der Waals surface area (Å²) in [5.74, 6) is -0.273. The second-order valence-corrected chi connectivity index (χ2v) is 4.90. The monoisotopic (exact) mass is 277 g/mol. The highest BCUT2D eigenvalue weighted by Crippen LogP contribution is 2.12. The zero-order valence-electron chi connectivity index (χ0n) is 11.1. The molecule has 0 amide bonds. The highest BCUT2D eigenvalue weighted by Gasteiger charge is 2.20. The molecule has 0 unspecified atom stereocenters. The van der Waals surface area contributed by atoms with E-state index >= 15 is 0 Å². The van der Waals surface area contributed by atoms with E-state index in [1.165, 1.54) is 15.6 Å². The summed E-state index contributed by atoms with van der Waals surface area (Å²) in [6.07, 6.45) is 4.09. The van der Waals surface area contributed by atoms with Gasteiger partial charge in [0.15, 0.2) is 0 Å². The van der Waals surface area contributed by atoms with Crippen molar-refractivity contribution in [3.8, 4) is 0 Å². The molecule has 1 aliphatic heterocycles. The first-order valence-corrected chi connectivity index (χ1v) is 6.48. The van der Waals surface area contributed by atoms with E-state index in [4.69, 9.17) is 5.11 Å². The molecule has 0 aromatic carbocycles. The van der Waals surface area contributed by atoms with Crippen molar-refractivity contribution in [2.24, 2.45) is 7.05 Å². The summed E-state index contributed by atoms with van der Waals surface area (Å²) in [7, 11) is 1.66. The maximum Gasteiger partial charge on any atom is 0.346 e. The van der Waals surface area contributed by atoms with Gasteiger partial charge in [0.1, 0.15) is 11.4 Å². The molecule has 0 saturated carbocycles. The van der Waals surface area contributed by atoms with E-state index in [2.05, 4.69) is 10.2 Å². The van der Waals surface area contributed by atoms with Gasteiger partial charge in [-0.2, -0.15) is 10.2 Å². The summed E-state index contributed by atoms with van der Waals surface area (Å²) < 4.78 is 4.46. The lowest BCUT2D eigenvalue weighted by molar-refractivity contribution is 0.0695. The Bertz CT molecular complexity index is 724. The van der Waals surface area contributed by atoms with Crippen molar-refractivity contribution in [3.63, 3.8) is 0 Å². The first-order valence-electron chi connectivity index (χ1n) is 6.48. The topological polar surface area (TPSA) is 94.9 Å². The van der Waals surface area contributed by atoms with Gasteiger partial charge in [0.25, 0.3) is 0 Å². The van der Waals surface area contributed by atoms with E-state index in [0.29, 0.717) is 12.2 Å². The Kier molecular flexibility index (Phi) is 2.92. The van der Waals surface area contributed by atoms with Crippen molar-refractivity contribution in [3.05, 3.63) is 33.8 Å². The minimum atomic E-state index is -1.05. The molecule has 1 aliphatic rings. The van der Waals surface area contributed by atoms with Gasteiger partial charge in [-0.15, -0.1) is 0 Å². The molecule has 1 N–H and O–H groups in total. The first kappa shape index (κ1) is 12.6. The number of rotatable bonds is 3. The van der Waals surface area contributed by atoms with Crippen LogP contribution in [0.5, 0.6) is 0 Å². The van der Waals surface area contributed by atoms with Gasteiger partial charge in [0.2, 0.25) is 0 Å². The molecule has 0 fully saturated rings. The Morgan fingerprint density at radius 2 is 2.25 bits per heavy atom. The predicted molar refractivity (Wildman–Crippen MR) is 68.7 cm³/mol. The Labute approximate surface area is 114 Å². The number of hydrogen-bond donors (Lipinski definition) is 1. The van der Waals surface area contributed by atoms with Crippen molar-refractivity contribution in [2.45, 2.75) is 32.4 Å². The van der Waals surface area contributed by atoms with E-state index in [-0.39, 0.29) is 17.8 Å². The van der Waals surface area contributed by atoms with Gasteiger partial charge in [-0.1, -0.05) is 0 Å². The molecule has 0 saturated heterocycles. The van der Waals surface area contributed by atoms with E-state index in [1.807, 2.05) is 0 Å². The minimum Gasteiger partial charge on any atom is -0.478 e. The summed E-state index contributed by atoms with van der Waals surface area (Å²) in [6.45, 7) is 0.808. The van der Waals surface area contributed by atoms with Gasteiger partial charge in [-0.05, 0) is 12.8 Å². The third-order valence-electron chi connectivity index (χ3n) is 3.62. The molecule has 3 heterocycles. The zero-order chi connectivity index (χ0) is 14.3. The number of aromatic nitrogens is 5. The van der Waals surface area contributed by atoms with Crippen molar-refractivity contribution in [1.29, 1.82) is 0 Å². The van der Waals surface area contributed by atoms with Crippen LogP contribution >= 0.6 is 0 Å². The zero-order valence-corrected chi connectivity index (χ0v) is 11.1. The molecule has 0 radical (unpaired) electrons. The van der Waals surface area contributed by atoms with Crippen molar-refractivity contribution >= 4 is 5.97 Å². The maximum absolute atomic E-state index is 12.2. The molecule has 0 bridgehead atoms. The quantitative estimate of drug-likeness (QED) is 0.842. The van der Waals surface area contributed by atoms with Crippen LogP contribution in [0.25, 0.3) is 0 Å². The Hall–Kier alpha value is -2.38. The molecular weight excluding hydrogens is 262 g/mol. The SMILES string of the molecule is Cn1ncc(C(=O)O)c1Cn1nc2n(c1=O)CCCC2. The predicted octanol–water partition coefficient (Wildman–Crippen LogP) is -0.139.